The van der Waals surface area contributed by atoms with Crippen molar-refractivity contribution in [1.29, 1.82) is 0 Å². The molecule has 0 unspecified atom stereocenters. The number of nitrogens with two attached hydrogens (primary N) is 1. The molecular weight excluding hydrogens is 380 g/mol. The molecule has 21 heavy (non-hydrogen) atoms. The molecule has 9 heteroatoms. The molecule has 2 rings (SSSR count). The van der Waals surface area contributed by atoms with Crippen LogP contribution in [0.15, 0.2) is 26.9 Å². The van der Waals surface area contributed by atoms with E-state index in [1.54, 1.807) is 24.7 Å². The fourth-order valence-corrected chi connectivity index (χ4v) is 2.91. The number of hydrogen-bond donors (Lipinski definition) is 2. The standard InChI is InChI=1S/C12H13BrN4O2S.ClH/c1-17-5-7(4-8(13)12(17)19)15-11(18)9-6-20-10(16-9)2-3-14;/h4-6H,2-3,14H2,1H3,(H,15,18);1H. The number of carbonyl (C=O) groups excluding carboxylic acids is 1. The van der Waals surface area contributed by atoms with Crippen molar-refractivity contribution in [2.75, 3.05) is 11.9 Å². The fourth-order valence-electron chi connectivity index (χ4n) is 1.59. The number of hydrogen-bond acceptors (Lipinski definition) is 5. The predicted molar refractivity (Wildman–Crippen MR) is 89.5 cm³/mol. The topological polar surface area (TPSA) is 90.0 Å². The Labute approximate surface area is 139 Å². The number of rotatable bonds is 4. The maximum absolute atomic E-state index is 12.0. The number of aryl methyl sites for hydroxylation is 1. The van der Waals surface area contributed by atoms with Gasteiger partial charge in [-0.15, -0.1) is 23.7 Å². The molecule has 6 nitrogen and oxygen atoms in total. The summed E-state index contributed by atoms with van der Waals surface area (Å²) < 4.78 is 1.78. The minimum Gasteiger partial charge on any atom is -0.330 e. The van der Waals surface area contributed by atoms with Gasteiger partial charge in [0.15, 0.2) is 0 Å². The van der Waals surface area contributed by atoms with Gasteiger partial charge in [0.05, 0.1) is 15.2 Å². The molecule has 0 aromatic carbocycles. The lowest BCUT2D eigenvalue weighted by Crippen LogP contribution is -2.19. The van der Waals surface area contributed by atoms with Gasteiger partial charge in [-0.2, -0.15) is 0 Å². The van der Waals surface area contributed by atoms with E-state index in [0.717, 1.165) is 5.01 Å². The zero-order chi connectivity index (χ0) is 14.7. The van der Waals surface area contributed by atoms with Crippen molar-refractivity contribution in [3.8, 4) is 0 Å². The van der Waals surface area contributed by atoms with E-state index in [0.29, 0.717) is 28.8 Å². The number of anilines is 1. The number of nitrogens with one attached hydrogen (secondary N) is 1. The molecule has 0 radical (unpaired) electrons. The minimum atomic E-state index is -0.310. The van der Waals surface area contributed by atoms with E-state index in [9.17, 15) is 9.59 Å². The van der Waals surface area contributed by atoms with Crippen LogP contribution in [0.3, 0.4) is 0 Å². The van der Waals surface area contributed by atoms with Crippen LogP contribution in [0.4, 0.5) is 5.69 Å². The number of nitrogens with zero attached hydrogens (tertiary/aromatic N) is 2. The molecule has 0 saturated heterocycles. The summed E-state index contributed by atoms with van der Waals surface area (Å²) in [5.74, 6) is -0.310. The van der Waals surface area contributed by atoms with Gasteiger partial charge in [0.25, 0.3) is 11.5 Å². The molecule has 0 saturated carbocycles. The van der Waals surface area contributed by atoms with E-state index in [1.807, 2.05) is 0 Å². The summed E-state index contributed by atoms with van der Waals surface area (Å²) in [6.07, 6.45) is 2.21. The maximum atomic E-state index is 12.0. The second-order valence-corrected chi connectivity index (χ2v) is 5.91. The van der Waals surface area contributed by atoms with Crippen LogP contribution >= 0.6 is 39.7 Å². The van der Waals surface area contributed by atoms with Gasteiger partial charge in [0, 0.05) is 25.0 Å². The minimum absolute atomic E-state index is 0. The zero-order valence-electron chi connectivity index (χ0n) is 11.1. The van der Waals surface area contributed by atoms with E-state index in [2.05, 4.69) is 26.2 Å². The monoisotopic (exact) mass is 392 g/mol. The summed E-state index contributed by atoms with van der Waals surface area (Å²) in [4.78, 5) is 27.8. The van der Waals surface area contributed by atoms with E-state index >= 15 is 0 Å². The van der Waals surface area contributed by atoms with Crippen molar-refractivity contribution in [3.63, 3.8) is 0 Å². The van der Waals surface area contributed by atoms with Gasteiger partial charge in [-0.25, -0.2) is 4.98 Å². The van der Waals surface area contributed by atoms with Gasteiger partial charge in [0.1, 0.15) is 5.69 Å². The van der Waals surface area contributed by atoms with Crippen LogP contribution in [-0.2, 0) is 13.5 Å². The Hall–Kier alpha value is -1.22. The van der Waals surface area contributed by atoms with E-state index in [-0.39, 0.29) is 23.9 Å². The normalized spacial score (nSPS) is 10.0. The second-order valence-electron chi connectivity index (χ2n) is 4.11. The summed E-state index contributed by atoms with van der Waals surface area (Å²) >= 11 is 4.56. The highest BCUT2D eigenvalue weighted by atomic mass is 79.9. The third kappa shape index (κ3) is 4.37. The van der Waals surface area contributed by atoms with Crippen LogP contribution < -0.4 is 16.6 Å². The largest absolute Gasteiger partial charge is 0.330 e. The molecule has 0 fully saturated rings. The molecule has 0 aliphatic rings. The van der Waals surface area contributed by atoms with Gasteiger partial charge in [-0.1, -0.05) is 0 Å². The average molecular weight is 394 g/mol. The summed E-state index contributed by atoms with van der Waals surface area (Å²) in [7, 11) is 1.62. The van der Waals surface area contributed by atoms with E-state index in [4.69, 9.17) is 5.73 Å². The first-order valence-corrected chi connectivity index (χ1v) is 7.50. The van der Waals surface area contributed by atoms with Gasteiger partial charge in [-0.05, 0) is 28.5 Å². The van der Waals surface area contributed by atoms with Crippen LogP contribution in [0.5, 0.6) is 0 Å². The zero-order valence-corrected chi connectivity index (χ0v) is 14.3. The molecular formula is C12H14BrClN4O2S. The third-order valence-electron chi connectivity index (χ3n) is 2.54. The molecule has 2 heterocycles. The lowest BCUT2D eigenvalue weighted by atomic mass is 10.3. The van der Waals surface area contributed by atoms with Crippen LogP contribution in [-0.4, -0.2) is 22.0 Å². The highest BCUT2D eigenvalue weighted by molar-refractivity contribution is 9.10. The van der Waals surface area contributed by atoms with Crippen LogP contribution in [0, 0.1) is 0 Å². The van der Waals surface area contributed by atoms with Crippen LogP contribution in [0.2, 0.25) is 0 Å². The van der Waals surface area contributed by atoms with Gasteiger partial charge in [-0.3, -0.25) is 9.59 Å². The lowest BCUT2D eigenvalue weighted by molar-refractivity contribution is 0.102. The number of carbonyl (C=O) groups is 1. The Balaban J connectivity index is 0.00000220. The Morgan fingerprint density at radius 1 is 1.57 bits per heavy atom. The lowest BCUT2D eigenvalue weighted by Gasteiger charge is -2.06. The first-order valence-electron chi connectivity index (χ1n) is 5.83. The van der Waals surface area contributed by atoms with Crippen molar-refractivity contribution in [1.82, 2.24) is 9.55 Å². The molecule has 1 amide bonds. The maximum Gasteiger partial charge on any atom is 0.275 e. The predicted octanol–water partition coefficient (Wildman–Crippen LogP) is 1.78. The molecule has 114 valence electrons. The summed E-state index contributed by atoms with van der Waals surface area (Å²) in [6, 6.07) is 1.56. The third-order valence-corrected chi connectivity index (χ3v) is 4.02. The number of thiazole rings is 1. The van der Waals surface area contributed by atoms with Crippen molar-refractivity contribution >= 4 is 51.3 Å². The molecule has 2 aromatic heterocycles. The van der Waals surface area contributed by atoms with E-state index in [1.165, 1.54) is 15.9 Å². The highest BCUT2D eigenvalue weighted by Crippen LogP contribution is 2.15. The number of halogens is 2. The molecule has 0 atom stereocenters. The highest BCUT2D eigenvalue weighted by Gasteiger charge is 2.12. The first-order chi connectivity index (χ1) is 9.51. The van der Waals surface area contributed by atoms with Gasteiger partial charge >= 0.3 is 0 Å². The summed E-state index contributed by atoms with van der Waals surface area (Å²) in [5, 5.41) is 5.23. The molecule has 2 aromatic rings. The number of aromatic nitrogens is 2. The SMILES string of the molecule is Cl.Cn1cc(NC(=O)c2csc(CCN)n2)cc(Br)c1=O. The number of amides is 1. The van der Waals surface area contributed by atoms with Crippen molar-refractivity contribution in [3.05, 3.63) is 43.2 Å². The van der Waals surface area contributed by atoms with E-state index < -0.39 is 0 Å². The van der Waals surface area contributed by atoms with Gasteiger partial charge < -0.3 is 15.6 Å². The first kappa shape index (κ1) is 17.8. The molecule has 0 aliphatic carbocycles. The molecule has 0 bridgehead atoms. The Morgan fingerprint density at radius 2 is 2.29 bits per heavy atom. The molecule has 0 spiro atoms. The Kier molecular flexibility index (Phi) is 6.53. The second kappa shape index (κ2) is 7.69. The van der Waals surface area contributed by atoms with Crippen molar-refractivity contribution < 1.29 is 4.79 Å². The van der Waals surface area contributed by atoms with Gasteiger partial charge in [0.2, 0.25) is 0 Å². The van der Waals surface area contributed by atoms with Crippen LogP contribution in [0.25, 0.3) is 0 Å². The van der Waals surface area contributed by atoms with Crippen LogP contribution in [0.1, 0.15) is 15.5 Å². The quantitative estimate of drug-likeness (QED) is 0.828. The Morgan fingerprint density at radius 3 is 2.90 bits per heavy atom. The molecule has 0 aliphatic heterocycles. The smallest absolute Gasteiger partial charge is 0.275 e. The molecule has 3 N–H and O–H groups in total. The summed E-state index contributed by atoms with van der Waals surface area (Å²) in [6.45, 7) is 0.502. The fraction of sp³-hybridized carbons (Fsp3) is 0.250. The van der Waals surface area contributed by atoms with Crippen molar-refractivity contribution in [2.24, 2.45) is 12.8 Å². The number of pyridine rings is 1. The van der Waals surface area contributed by atoms with Crippen molar-refractivity contribution in [2.45, 2.75) is 6.42 Å². The summed E-state index contributed by atoms with van der Waals surface area (Å²) in [5.41, 5.74) is 6.16. The average Bonchev–Trinajstić information content (AvgIpc) is 2.85. The Bertz CT molecular complexity index is 675.